The minimum absolute atomic E-state index is 0.0320. The van der Waals surface area contributed by atoms with E-state index in [9.17, 15) is 9.59 Å². The van der Waals surface area contributed by atoms with Crippen molar-refractivity contribution in [3.63, 3.8) is 0 Å². The molecule has 0 aliphatic rings. The van der Waals surface area contributed by atoms with E-state index >= 15 is 0 Å². The van der Waals surface area contributed by atoms with Crippen LogP contribution in [0.3, 0.4) is 0 Å². The van der Waals surface area contributed by atoms with Crippen LogP contribution in [-0.2, 0) is 9.53 Å². The third kappa shape index (κ3) is 6.29. The van der Waals surface area contributed by atoms with E-state index in [1.807, 2.05) is 32.9 Å². The maximum absolute atomic E-state index is 13.3. The van der Waals surface area contributed by atoms with Crippen LogP contribution in [0.15, 0.2) is 49.2 Å². The maximum Gasteiger partial charge on any atom is 0.347 e. The second-order valence-corrected chi connectivity index (χ2v) is 9.68. The number of nitrogens with zero attached hydrogens (tertiary/aromatic N) is 3. The average molecular weight is 609 g/mol. The fourth-order valence-electron chi connectivity index (χ4n) is 3.28. The second-order valence-electron chi connectivity index (χ2n) is 7.91. The quantitative estimate of drug-likeness (QED) is 0.230. The molecule has 3 aromatic rings. The van der Waals surface area contributed by atoms with Gasteiger partial charge in [0.1, 0.15) is 5.82 Å². The minimum Gasteiger partial charge on any atom is -0.490 e. The van der Waals surface area contributed by atoms with Gasteiger partial charge in [0.2, 0.25) is 0 Å². The highest BCUT2D eigenvalue weighted by Gasteiger charge is 2.20. The number of esters is 1. The lowest BCUT2D eigenvalue weighted by molar-refractivity contribution is -0.150. The molecule has 3 rings (SSSR count). The van der Waals surface area contributed by atoms with Crippen molar-refractivity contribution >= 4 is 54.9 Å². The van der Waals surface area contributed by atoms with Crippen LogP contribution < -0.4 is 15.0 Å². The zero-order valence-electron chi connectivity index (χ0n) is 20.2. The Hall–Kier alpha value is -2.72. The molecule has 0 N–H and O–H groups in total. The Morgan fingerprint density at radius 3 is 2.51 bits per heavy atom. The number of fused-ring (bicyclic) bond motifs is 1. The fraction of sp³-hybridized carbons (Fsp3) is 0.360. The topological polar surface area (TPSA) is 92.0 Å². The summed E-state index contributed by atoms with van der Waals surface area (Å²) in [5.74, 6) is 0.868. The van der Waals surface area contributed by atoms with Crippen molar-refractivity contribution in [1.29, 1.82) is 0 Å². The third-order valence-corrected chi connectivity index (χ3v) is 6.13. The molecular weight excluding hydrogens is 582 g/mol. The molecule has 0 saturated carbocycles. The van der Waals surface area contributed by atoms with E-state index in [1.54, 1.807) is 38.3 Å². The Kier molecular flexibility index (Phi) is 9.07. The van der Waals surface area contributed by atoms with Crippen LogP contribution in [0.5, 0.6) is 11.5 Å². The summed E-state index contributed by atoms with van der Waals surface area (Å²) in [6, 6.07) is 8.83. The van der Waals surface area contributed by atoms with E-state index in [0.717, 1.165) is 4.47 Å². The highest BCUT2D eigenvalue weighted by Crippen LogP contribution is 2.34. The Balaban J connectivity index is 2.04. The number of hydrogen-bond donors (Lipinski definition) is 0. The van der Waals surface area contributed by atoms with Crippen molar-refractivity contribution in [1.82, 2.24) is 9.66 Å². The van der Waals surface area contributed by atoms with E-state index in [4.69, 9.17) is 14.2 Å². The first-order valence-electron chi connectivity index (χ1n) is 11.2. The number of benzene rings is 2. The SMILES string of the molecule is CCOC(=O)[C@@H](C)Oc1cc(Br)c(C=Nn2c(C(C)C)nc3ccc(Br)cc3c2=O)cc1OCC. The van der Waals surface area contributed by atoms with Crippen molar-refractivity contribution < 1.29 is 19.0 Å². The lowest BCUT2D eigenvalue weighted by atomic mass is 10.2. The lowest BCUT2D eigenvalue weighted by Gasteiger charge is -2.17. The first-order chi connectivity index (χ1) is 16.7. The molecule has 35 heavy (non-hydrogen) atoms. The van der Waals surface area contributed by atoms with Crippen molar-refractivity contribution in [3.8, 4) is 11.5 Å². The minimum atomic E-state index is -0.809. The first kappa shape index (κ1) is 26.9. The molecule has 186 valence electrons. The van der Waals surface area contributed by atoms with Crippen LogP contribution in [-0.4, -0.2) is 41.2 Å². The average Bonchev–Trinajstić information content (AvgIpc) is 2.81. The van der Waals surface area contributed by atoms with Crippen molar-refractivity contribution in [2.75, 3.05) is 13.2 Å². The predicted molar refractivity (Wildman–Crippen MR) is 143 cm³/mol. The zero-order chi connectivity index (χ0) is 25.7. The van der Waals surface area contributed by atoms with Gasteiger partial charge in [-0.1, -0.05) is 29.8 Å². The summed E-state index contributed by atoms with van der Waals surface area (Å²) in [6.45, 7) is 9.77. The normalized spacial score (nSPS) is 12.3. The van der Waals surface area contributed by atoms with Crippen LogP contribution in [0, 0.1) is 0 Å². The molecule has 0 unspecified atom stereocenters. The highest BCUT2D eigenvalue weighted by molar-refractivity contribution is 9.10. The molecule has 0 spiro atoms. The largest absolute Gasteiger partial charge is 0.490 e. The van der Waals surface area contributed by atoms with E-state index in [0.29, 0.717) is 44.9 Å². The van der Waals surface area contributed by atoms with Crippen molar-refractivity contribution in [2.45, 2.75) is 46.6 Å². The molecule has 0 aliphatic heterocycles. The molecule has 1 aromatic heterocycles. The lowest BCUT2D eigenvalue weighted by Crippen LogP contribution is -2.26. The number of carbonyl (C=O) groups is 1. The molecule has 10 heteroatoms. The summed E-state index contributed by atoms with van der Waals surface area (Å²) in [5, 5.41) is 4.95. The summed E-state index contributed by atoms with van der Waals surface area (Å²) in [5.41, 5.74) is 1.01. The third-order valence-electron chi connectivity index (χ3n) is 4.95. The molecule has 0 amide bonds. The predicted octanol–water partition coefficient (Wildman–Crippen LogP) is 5.66. The van der Waals surface area contributed by atoms with Crippen LogP contribution in [0.25, 0.3) is 10.9 Å². The van der Waals surface area contributed by atoms with Crippen molar-refractivity contribution in [2.24, 2.45) is 5.10 Å². The zero-order valence-corrected chi connectivity index (χ0v) is 23.3. The Morgan fingerprint density at radius 1 is 1.11 bits per heavy atom. The molecule has 1 heterocycles. The molecule has 8 nitrogen and oxygen atoms in total. The number of rotatable bonds is 9. The summed E-state index contributed by atoms with van der Waals surface area (Å²) >= 11 is 6.94. The Morgan fingerprint density at radius 2 is 1.86 bits per heavy atom. The molecule has 0 aliphatic carbocycles. The Labute approximate surface area is 220 Å². The molecule has 0 saturated heterocycles. The molecule has 1 atom stereocenters. The van der Waals surface area contributed by atoms with E-state index in [1.165, 1.54) is 4.68 Å². The van der Waals surface area contributed by atoms with Gasteiger partial charge in [-0.05, 0) is 67.0 Å². The molecule has 0 radical (unpaired) electrons. The van der Waals surface area contributed by atoms with Crippen molar-refractivity contribution in [3.05, 3.63) is 61.0 Å². The van der Waals surface area contributed by atoms with Gasteiger partial charge in [-0.3, -0.25) is 4.79 Å². The number of carbonyl (C=O) groups excluding carboxylic acids is 1. The number of ether oxygens (including phenoxy) is 3. The summed E-state index contributed by atoms with van der Waals surface area (Å²) in [7, 11) is 0. The van der Waals surface area contributed by atoms with Crippen LogP contribution in [0.1, 0.15) is 51.9 Å². The molecule has 0 fully saturated rings. The monoisotopic (exact) mass is 607 g/mol. The smallest absolute Gasteiger partial charge is 0.347 e. The van der Waals surface area contributed by atoms with Gasteiger partial charge in [-0.15, -0.1) is 0 Å². The van der Waals surface area contributed by atoms with Crippen LogP contribution in [0.4, 0.5) is 0 Å². The van der Waals surface area contributed by atoms with Crippen LogP contribution in [0.2, 0.25) is 0 Å². The summed E-state index contributed by atoms with van der Waals surface area (Å²) in [4.78, 5) is 29.9. The second kappa shape index (κ2) is 11.8. The summed E-state index contributed by atoms with van der Waals surface area (Å²) < 4.78 is 19.3. The molecular formula is C25H27Br2N3O5. The van der Waals surface area contributed by atoms with Gasteiger partial charge in [-0.2, -0.15) is 9.78 Å². The standard InChI is InChI=1S/C25H27Br2N3O5/c1-6-33-21-10-16(19(27)12-22(21)35-15(5)25(32)34-7-2)13-28-30-23(14(3)4)29-20-9-8-17(26)11-18(20)24(30)31/h8-15H,6-7H2,1-5H3/t15-/m1/s1. The van der Waals surface area contributed by atoms with E-state index < -0.39 is 12.1 Å². The van der Waals surface area contributed by atoms with Gasteiger partial charge in [0, 0.05) is 20.4 Å². The van der Waals surface area contributed by atoms with Gasteiger partial charge >= 0.3 is 5.97 Å². The highest BCUT2D eigenvalue weighted by atomic mass is 79.9. The molecule has 2 aromatic carbocycles. The van der Waals surface area contributed by atoms with E-state index in [2.05, 4.69) is 41.9 Å². The van der Waals surface area contributed by atoms with Gasteiger partial charge in [0.25, 0.3) is 5.56 Å². The van der Waals surface area contributed by atoms with Crippen LogP contribution >= 0.6 is 31.9 Å². The maximum atomic E-state index is 13.3. The van der Waals surface area contributed by atoms with Gasteiger partial charge in [-0.25, -0.2) is 9.78 Å². The number of hydrogen-bond acceptors (Lipinski definition) is 7. The summed E-state index contributed by atoms with van der Waals surface area (Å²) in [6.07, 6.45) is 0.750. The number of halogens is 2. The van der Waals surface area contributed by atoms with Gasteiger partial charge in [0.15, 0.2) is 17.6 Å². The molecule has 0 bridgehead atoms. The Bertz CT molecular complexity index is 1320. The fourth-order valence-corrected chi connectivity index (χ4v) is 4.07. The first-order valence-corrected chi connectivity index (χ1v) is 12.8. The van der Waals surface area contributed by atoms with Gasteiger partial charge < -0.3 is 14.2 Å². The van der Waals surface area contributed by atoms with Gasteiger partial charge in [0.05, 0.1) is 30.3 Å². The number of aromatic nitrogens is 2. The van der Waals surface area contributed by atoms with E-state index in [-0.39, 0.29) is 18.1 Å².